The summed E-state index contributed by atoms with van der Waals surface area (Å²) in [5.74, 6) is -0.0398. The summed E-state index contributed by atoms with van der Waals surface area (Å²) in [5, 5.41) is 2.96. The molecule has 242 valence electrons. The largest absolute Gasteiger partial charge is 0.497 e. The van der Waals surface area contributed by atoms with E-state index in [2.05, 4.69) is 5.32 Å². The van der Waals surface area contributed by atoms with Crippen LogP contribution in [0, 0.1) is 6.92 Å². The Labute approximate surface area is 271 Å². The van der Waals surface area contributed by atoms with Crippen LogP contribution >= 0.6 is 0 Å². The van der Waals surface area contributed by atoms with Crippen molar-refractivity contribution in [2.24, 2.45) is 0 Å². The van der Waals surface area contributed by atoms with Crippen molar-refractivity contribution >= 4 is 27.5 Å². The minimum Gasteiger partial charge on any atom is -0.497 e. The van der Waals surface area contributed by atoms with E-state index in [9.17, 15) is 18.0 Å². The third-order valence-electron chi connectivity index (χ3n) is 7.43. The summed E-state index contributed by atoms with van der Waals surface area (Å²) in [6, 6.07) is 28.6. The molecular formula is C36H41N3O6S. The van der Waals surface area contributed by atoms with E-state index in [1.54, 1.807) is 61.7 Å². The van der Waals surface area contributed by atoms with E-state index in [4.69, 9.17) is 9.47 Å². The van der Waals surface area contributed by atoms with Crippen LogP contribution in [0.5, 0.6) is 11.5 Å². The van der Waals surface area contributed by atoms with Gasteiger partial charge in [0.25, 0.3) is 10.0 Å². The minimum atomic E-state index is -4.25. The van der Waals surface area contributed by atoms with Gasteiger partial charge in [-0.05, 0) is 68.3 Å². The first-order valence-corrected chi connectivity index (χ1v) is 16.5. The molecule has 1 N–H and O–H groups in total. The van der Waals surface area contributed by atoms with Crippen molar-refractivity contribution in [3.8, 4) is 11.5 Å². The van der Waals surface area contributed by atoms with Gasteiger partial charge in [0, 0.05) is 19.0 Å². The van der Waals surface area contributed by atoms with E-state index in [1.807, 2.05) is 57.2 Å². The molecule has 9 nitrogen and oxygen atoms in total. The average molecular weight is 644 g/mol. The first-order valence-electron chi connectivity index (χ1n) is 15.0. The maximum absolute atomic E-state index is 14.6. The SMILES string of the molecule is COc1cccc(CN(C(=O)CN(c2ccccc2OC)S(=O)(=O)c2ccc(C)cc2)[C@H](Cc2ccccc2)C(=O)NC(C)C)c1. The van der Waals surface area contributed by atoms with Crippen molar-refractivity contribution in [2.75, 3.05) is 25.1 Å². The van der Waals surface area contributed by atoms with E-state index < -0.39 is 28.5 Å². The maximum Gasteiger partial charge on any atom is 0.264 e. The van der Waals surface area contributed by atoms with E-state index >= 15 is 0 Å². The fourth-order valence-electron chi connectivity index (χ4n) is 5.09. The Bertz CT molecular complexity index is 1730. The first kappa shape index (κ1) is 34.1. The number of benzene rings is 4. The molecule has 0 radical (unpaired) electrons. The molecule has 0 aliphatic carbocycles. The molecule has 1 atom stereocenters. The van der Waals surface area contributed by atoms with Gasteiger partial charge in [0.15, 0.2) is 0 Å². The highest BCUT2D eigenvalue weighted by Crippen LogP contribution is 2.33. The predicted molar refractivity (Wildman–Crippen MR) is 179 cm³/mol. The molecule has 10 heteroatoms. The number of sulfonamides is 1. The second kappa shape index (κ2) is 15.4. The molecule has 4 rings (SSSR count). The molecule has 0 aliphatic rings. The normalized spacial score (nSPS) is 11.9. The van der Waals surface area contributed by atoms with Crippen molar-refractivity contribution in [3.63, 3.8) is 0 Å². The Morgan fingerprint density at radius 3 is 2.11 bits per heavy atom. The molecule has 0 saturated heterocycles. The third-order valence-corrected chi connectivity index (χ3v) is 9.20. The number of ether oxygens (including phenoxy) is 2. The van der Waals surface area contributed by atoms with Crippen molar-refractivity contribution < 1.29 is 27.5 Å². The van der Waals surface area contributed by atoms with Crippen LogP contribution in [0.15, 0.2) is 108 Å². The number of para-hydroxylation sites is 2. The molecule has 2 amide bonds. The molecular weight excluding hydrogens is 602 g/mol. The number of aryl methyl sites for hydroxylation is 1. The number of amides is 2. The van der Waals surface area contributed by atoms with Crippen molar-refractivity contribution in [3.05, 3.63) is 120 Å². The summed E-state index contributed by atoms with van der Waals surface area (Å²) in [4.78, 5) is 29.9. The monoisotopic (exact) mass is 643 g/mol. The summed E-state index contributed by atoms with van der Waals surface area (Å²) in [6.07, 6.45) is 0.217. The molecule has 4 aromatic carbocycles. The van der Waals surface area contributed by atoms with Gasteiger partial charge in [0.1, 0.15) is 24.1 Å². The molecule has 0 bridgehead atoms. The lowest BCUT2D eigenvalue weighted by molar-refractivity contribution is -0.140. The van der Waals surface area contributed by atoms with Crippen LogP contribution in [0.3, 0.4) is 0 Å². The van der Waals surface area contributed by atoms with Crippen molar-refractivity contribution in [1.82, 2.24) is 10.2 Å². The Morgan fingerprint density at radius 1 is 0.804 bits per heavy atom. The summed E-state index contributed by atoms with van der Waals surface area (Å²) in [7, 11) is -1.26. The molecule has 0 fully saturated rings. The van der Waals surface area contributed by atoms with Gasteiger partial charge in [-0.3, -0.25) is 13.9 Å². The van der Waals surface area contributed by atoms with Gasteiger partial charge < -0.3 is 19.7 Å². The highest BCUT2D eigenvalue weighted by atomic mass is 32.2. The summed E-state index contributed by atoms with van der Waals surface area (Å²) in [5.41, 5.74) is 2.66. The molecule has 0 aromatic heterocycles. The summed E-state index contributed by atoms with van der Waals surface area (Å²) >= 11 is 0. The summed E-state index contributed by atoms with van der Waals surface area (Å²) in [6.45, 7) is 5.01. The number of hydrogen-bond acceptors (Lipinski definition) is 6. The number of nitrogens with zero attached hydrogens (tertiary/aromatic N) is 2. The van der Waals surface area contributed by atoms with Gasteiger partial charge in [0.05, 0.1) is 24.8 Å². The van der Waals surface area contributed by atoms with E-state index in [-0.39, 0.29) is 41.2 Å². The predicted octanol–water partition coefficient (Wildman–Crippen LogP) is 5.37. The van der Waals surface area contributed by atoms with Crippen molar-refractivity contribution in [1.29, 1.82) is 0 Å². The van der Waals surface area contributed by atoms with Crippen LogP contribution in [0.25, 0.3) is 0 Å². The number of hydrogen-bond donors (Lipinski definition) is 1. The lowest BCUT2D eigenvalue weighted by Gasteiger charge is -2.34. The molecule has 4 aromatic rings. The Kier molecular flexibility index (Phi) is 11.4. The van der Waals surface area contributed by atoms with Crippen LogP contribution in [0.1, 0.15) is 30.5 Å². The van der Waals surface area contributed by atoms with Crippen molar-refractivity contribution in [2.45, 2.75) is 50.7 Å². The van der Waals surface area contributed by atoms with Crippen LogP contribution in [-0.4, -0.2) is 58.0 Å². The lowest BCUT2D eigenvalue weighted by Crippen LogP contribution is -2.54. The fourth-order valence-corrected chi connectivity index (χ4v) is 6.51. The van der Waals surface area contributed by atoms with Gasteiger partial charge in [-0.25, -0.2) is 8.42 Å². The lowest BCUT2D eigenvalue weighted by atomic mass is 10.0. The number of methoxy groups -OCH3 is 2. The maximum atomic E-state index is 14.6. The highest BCUT2D eigenvalue weighted by Gasteiger charge is 2.35. The number of rotatable bonds is 14. The van der Waals surface area contributed by atoms with E-state index in [1.165, 1.54) is 24.1 Å². The Hall–Kier alpha value is -4.83. The van der Waals surface area contributed by atoms with Crippen LogP contribution in [0.2, 0.25) is 0 Å². The second-order valence-corrected chi connectivity index (χ2v) is 13.1. The van der Waals surface area contributed by atoms with E-state index in [0.29, 0.717) is 11.3 Å². The zero-order valence-electron chi connectivity index (χ0n) is 26.8. The Morgan fingerprint density at radius 2 is 1.46 bits per heavy atom. The topological polar surface area (TPSA) is 105 Å². The Balaban J connectivity index is 1.84. The number of carbonyl (C=O) groups excluding carboxylic acids is 2. The van der Waals surface area contributed by atoms with Gasteiger partial charge in [-0.1, -0.05) is 72.3 Å². The summed E-state index contributed by atoms with van der Waals surface area (Å²) < 4.78 is 40.5. The molecule has 0 spiro atoms. The van der Waals surface area contributed by atoms with Gasteiger partial charge in [-0.15, -0.1) is 0 Å². The van der Waals surface area contributed by atoms with Gasteiger partial charge in [0.2, 0.25) is 11.8 Å². The quantitative estimate of drug-likeness (QED) is 0.198. The van der Waals surface area contributed by atoms with Crippen LogP contribution < -0.4 is 19.1 Å². The number of anilines is 1. The molecule has 0 aliphatic heterocycles. The number of carbonyl (C=O) groups is 2. The number of nitrogens with one attached hydrogen (secondary N) is 1. The van der Waals surface area contributed by atoms with Crippen LogP contribution in [0.4, 0.5) is 5.69 Å². The van der Waals surface area contributed by atoms with Gasteiger partial charge >= 0.3 is 0 Å². The molecule has 0 saturated carbocycles. The second-order valence-electron chi connectivity index (χ2n) is 11.2. The zero-order chi connectivity index (χ0) is 33.3. The van der Waals surface area contributed by atoms with Gasteiger partial charge in [-0.2, -0.15) is 0 Å². The average Bonchev–Trinajstić information content (AvgIpc) is 3.05. The minimum absolute atomic E-state index is 0.0227. The van der Waals surface area contributed by atoms with Crippen LogP contribution in [-0.2, 0) is 32.6 Å². The fraction of sp³-hybridized carbons (Fsp3) is 0.278. The standard InChI is InChI=1S/C36H41N3O6S/c1-26(2)37-36(41)33(23-28-12-7-6-8-13-28)38(24-29-14-11-15-30(22-29)44-4)35(40)25-39(32-16-9-10-17-34(32)45-5)46(42,43)31-20-18-27(3)19-21-31/h6-22,26,33H,23-25H2,1-5H3,(H,37,41)/t33-/m1/s1. The smallest absolute Gasteiger partial charge is 0.264 e. The molecule has 0 unspecified atom stereocenters. The molecule has 46 heavy (non-hydrogen) atoms. The highest BCUT2D eigenvalue weighted by molar-refractivity contribution is 7.92. The first-order chi connectivity index (χ1) is 22.0. The van der Waals surface area contributed by atoms with E-state index in [0.717, 1.165) is 15.4 Å². The third kappa shape index (κ3) is 8.45. The zero-order valence-corrected chi connectivity index (χ0v) is 27.7. The molecule has 0 heterocycles.